The van der Waals surface area contributed by atoms with Gasteiger partial charge in [0.2, 0.25) is 0 Å². The van der Waals surface area contributed by atoms with Crippen LogP contribution < -0.4 is 0 Å². The van der Waals surface area contributed by atoms with E-state index >= 15 is 0 Å². The maximum absolute atomic E-state index is 12.7. The average molecular weight is 365 g/mol. The van der Waals surface area contributed by atoms with Gasteiger partial charge in [-0.1, -0.05) is 0 Å². The highest BCUT2D eigenvalue weighted by Crippen LogP contribution is 2.36. The number of aryl methyl sites for hydroxylation is 2. The third-order valence-corrected chi connectivity index (χ3v) is 6.41. The van der Waals surface area contributed by atoms with E-state index in [1.807, 2.05) is 37.5 Å². The number of β-lactam (4-membered cyclic amide) rings is 1. The van der Waals surface area contributed by atoms with E-state index in [-0.39, 0.29) is 30.0 Å². The fourth-order valence-electron chi connectivity index (χ4n) is 4.13. The molecule has 0 spiro atoms. The number of nitrogens with zero attached hydrogens (tertiary/aromatic N) is 3. The van der Waals surface area contributed by atoms with Crippen molar-refractivity contribution >= 4 is 23.2 Å². The summed E-state index contributed by atoms with van der Waals surface area (Å²) in [5, 5.41) is 0.930. The minimum Gasteiger partial charge on any atom is -0.369 e. The zero-order valence-electron chi connectivity index (χ0n) is 15.6. The second-order valence-electron chi connectivity index (χ2n) is 7.26. The molecule has 2 aliphatic rings. The predicted octanol–water partition coefficient (Wildman–Crippen LogP) is 2.25. The largest absolute Gasteiger partial charge is 0.369 e. The number of likely N-dealkylation sites (tertiary alicyclic amines) is 2. The van der Waals surface area contributed by atoms with Crippen LogP contribution in [-0.2, 0) is 9.53 Å². The van der Waals surface area contributed by atoms with Gasteiger partial charge in [0.15, 0.2) is 6.10 Å². The van der Waals surface area contributed by atoms with E-state index in [1.54, 1.807) is 7.11 Å². The van der Waals surface area contributed by atoms with Crippen molar-refractivity contribution in [1.29, 1.82) is 0 Å². The molecular formula is C18H27N3O3S. The molecule has 25 heavy (non-hydrogen) atoms. The standard InChI is InChI=1S/C18H27N3O3S/c1-10(2)21-14(15(24-5)17(21)22)13-6-8-20(9-7-13)18(23)16-11(3)19-12(4)25-16/h10,13-15H,6-9H2,1-5H3/t14-,15+/m0/s1. The fraction of sp³-hybridized carbons (Fsp3) is 0.722. The molecule has 1 aromatic heterocycles. The molecule has 0 bridgehead atoms. The lowest BCUT2D eigenvalue weighted by Crippen LogP contribution is -2.70. The minimum atomic E-state index is -0.318. The average Bonchev–Trinajstić information content (AvgIpc) is 2.90. The lowest BCUT2D eigenvalue weighted by atomic mass is 9.79. The highest BCUT2D eigenvalue weighted by atomic mass is 32.1. The molecule has 0 aliphatic carbocycles. The van der Waals surface area contributed by atoms with Crippen LogP contribution in [0.25, 0.3) is 0 Å². The van der Waals surface area contributed by atoms with E-state index in [1.165, 1.54) is 11.3 Å². The number of carbonyl (C=O) groups is 2. The molecule has 2 fully saturated rings. The Morgan fingerprint density at radius 2 is 1.92 bits per heavy atom. The van der Waals surface area contributed by atoms with Gasteiger partial charge in [0, 0.05) is 26.2 Å². The smallest absolute Gasteiger partial charge is 0.265 e. The van der Waals surface area contributed by atoms with Crippen molar-refractivity contribution in [3.05, 3.63) is 15.6 Å². The Bertz CT molecular complexity index is 665. The molecule has 3 heterocycles. The van der Waals surface area contributed by atoms with Crippen molar-refractivity contribution in [3.63, 3.8) is 0 Å². The Labute approximate surface area is 153 Å². The van der Waals surface area contributed by atoms with Crippen LogP contribution in [0.15, 0.2) is 0 Å². The van der Waals surface area contributed by atoms with Crippen LogP contribution in [0.1, 0.15) is 47.1 Å². The van der Waals surface area contributed by atoms with Gasteiger partial charge in [0.25, 0.3) is 11.8 Å². The van der Waals surface area contributed by atoms with E-state index in [0.29, 0.717) is 5.92 Å². The topological polar surface area (TPSA) is 62.7 Å². The monoisotopic (exact) mass is 365 g/mol. The summed E-state index contributed by atoms with van der Waals surface area (Å²) in [6.07, 6.45) is 1.49. The summed E-state index contributed by atoms with van der Waals surface area (Å²) in [5.74, 6) is 0.574. The van der Waals surface area contributed by atoms with Crippen molar-refractivity contribution in [1.82, 2.24) is 14.8 Å². The number of ether oxygens (including phenoxy) is 1. The Kier molecular flexibility index (Phi) is 5.16. The first-order valence-electron chi connectivity index (χ1n) is 8.93. The number of carbonyl (C=O) groups excluding carboxylic acids is 2. The van der Waals surface area contributed by atoms with E-state index < -0.39 is 0 Å². The summed E-state index contributed by atoms with van der Waals surface area (Å²) < 4.78 is 5.43. The Hall–Kier alpha value is -1.47. The Morgan fingerprint density at radius 3 is 2.40 bits per heavy atom. The molecule has 0 N–H and O–H groups in total. The van der Waals surface area contributed by atoms with Crippen LogP contribution in [0.3, 0.4) is 0 Å². The van der Waals surface area contributed by atoms with Gasteiger partial charge in [-0.15, -0.1) is 11.3 Å². The summed E-state index contributed by atoms with van der Waals surface area (Å²) in [5.41, 5.74) is 0.824. The van der Waals surface area contributed by atoms with E-state index in [2.05, 4.69) is 4.98 Å². The lowest BCUT2D eigenvalue weighted by molar-refractivity contribution is -0.181. The Balaban J connectivity index is 1.64. The number of aromatic nitrogens is 1. The predicted molar refractivity (Wildman–Crippen MR) is 96.8 cm³/mol. The highest BCUT2D eigenvalue weighted by Gasteiger charge is 2.52. The molecule has 2 aliphatic heterocycles. The molecule has 3 rings (SSSR count). The van der Waals surface area contributed by atoms with Gasteiger partial charge in [0.1, 0.15) is 4.88 Å². The normalized spacial score (nSPS) is 24.8. The van der Waals surface area contributed by atoms with Crippen LogP contribution in [-0.4, -0.2) is 65.0 Å². The quantitative estimate of drug-likeness (QED) is 0.768. The van der Waals surface area contributed by atoms with Crippen molar-refractivity contribution in [2.45, 2.75) is 58.7 Å². The lowest BCUT2D eigenvalue weighted by Gasteiger charge is -2.53. The van der Waals surface area contributed by atoms with Gasteiger partial charge in [-0.25, -0.2) is 4.98 Å². The summed E-state index contributed by atoms with van der Waals surface area (Å²) in [7, 11) is 1.61. The van der Waals surface area contributed by atoms with Crippen molar-refractivity contribution < 1.29 is 14.3 Å². The van der Waals surface area contributed by atoms with Crippen LogP contribution in [0.5, 0.6) is 0 Å². The Morgan fingerprint density at radius 1 is 1.28 bits per heavy atom. The molecule has 7 heteroatoms. The molecule has 0 radical (unpaired) electrons. The zero-order valence-corrected chi connectivity index (χ0v) is 16.4. The number of thiazole rings is 1. The maximum atomic E-state index is 12.7. The van der Waals surface area contributed by atoms with Gasteiger partial charge < -0.3 is 14.5 Å². The first-order valence-corrected chi connectivity index (χ1v) is 9.75. The third kappa shape index (κ3) is 3.19. The number of amides is 2. The molecule has 138 valence electrons. The van der Waals surface area contributed by atoms with Crippen LogP contribution in [0.2, 0.25) is 0 Å². The molecule has 2 saturated heterocycles. The molecule has 1 aromatic rings. The molecule has 2 amide bonds. The van der Waals surface area contributed by atoms with E-state index in [9.17, 15) is 9.59 Å². The highest BCUT2D eigenvalue weighted by molar-refractivity contribution is 7.13. The molecule has 0 saturated carbocycles. The zero-order chi connectivity index (χ0) is 18.3. The van der Waals surface area contributed by atoms with Gasteiger partial charge >= 0.3 is 0 Å². The molecule has 0 aromatic carbocycles. The van der Waals surface area contributed by atoms with E-state index in [0.717, 1.165) is 41.5 Å². The second-order valence-corrected chi connectivity index (χ2v) is 8.47. The summed E-state index contributed by atoms with van der Waals surface area (Å²) >= 11 is 1.47. The summed E-state index contributed by atoms with van der Waals surface area (Å²) in [6, 6.07) is 0.327. The maximum Gasteiger partial charge on any atom is 0.265 e. The molecular weight excluding hydrogens is 338 g/mol. The fourth-order valence-corrected chi connectivity index (χ4v) is 5.02. The molecule has 6 nitrogen and oxygen atoms in total. The van der Waals surface area contributed by atoms with Crippen molar-refractivity contribution in [3.8, 4) is 0 Å². The van der Waals surface area contributed by atoms with Gasteiger partial charge in [-0.2, -0.15) is 0 Å². The van der Waals surface area contributed by atoms with Gasteiger partial charge in [-0.05, 0) is 46.5 Å². The minimum absolute atomic E-state index is 0.0928. The first-order chi connectivity index (χ1) is 11.8. The molecule has 0 unspecified atom stereocenters. The van der Waals surface area contributed by atoms with Gasteiger partial charge in [-0.3, -0.25) is 9.59 Å². The first kappa shape index (κ1) is 18.3. The number of piperidine rings is 1. The second kappa shape index (κ2) is 7.03. The summed E-state index contributed by atoms with van der Waals surface area (Å²) in [4.78, 5) is 34.0. The molecule has 2 atom stereocenters. The SMILES string of the molecule is CO[C@H]1C(=O)N(C(C)C)[C@H]1C1CCN(C(=O)c2sc(C)nc2C)CC1. The number of hydrogen-bond acceptors (Lipinski definition) is 5. The summed E-state index contributed by atoms with van der Waals surface area (Å²) in [6.45, 7) is 9.38. The van der Waals surface area contributed by atoms with Gasteiger partial charge in [0.05, 0.1) is 16.7 Å². The van der Waals surface area contributed by atoms with Crippen LogP contribution >= 0.6 is 11.3 Å². The number of methoxy groups -OCH3 is 1. The number of rotatable bonds is 4. The van der Waals surface area contributed by atoms with Crippen molar-refractivity contribution in [2.24, 2.45) is 5.92 Å². The third-order valence-electron chi connectivity index (χ3n) is 5.35. The van der Waals surface area contributed by atoms with E-state index in [4.69, 9.17) is 4.74 Å². The van der Waals surface area contributed by atoms with Crippen LogP contribution in [0.4, 0.5) is 0 Å². The number of hydrogen-bond donors (Lipinski definition) is 0. The van der Waals surface area contributed by atoms with Crippen molar-refractivity contribution in [2.75, 3.05) is 20.2 Å². The van der Waals surface area contributed by atoms with Crippen LogP contribution in [0, 0.1) is 19.8 Å².